The van der Waals surface area contributed by atoms with Crippen LogP contribution >= 0.6 is 27.3 Å². The van der Waals surface area contributed by atoms with Crippen LogP contribution in [0.5, 0.6) is 0 Å². The van der Waals surface area contributed by atoms with E-state index < -0.39 is 28.6 Å². The first-order valence-corrected chi connectivity index (χ1v) is 10.6. The predicted octanol–water partition coefficient (Wildman–Crippen LogP) is 4.43. The number of nitrogens with zero attached hydrogens (tertiary/aromatic N) is 2. The Labute approximate surface area is 183 Å². The van der Waals surface area contributed by atoms with Gasteiger partial charge in [0.2, 0.25) is 0 Å². The molecule has 0 aliphatic carbocycles. The highest BCUT2D eigenvalue weighted by molar-refractivity contribution is 9.10. The van der Waals surface area contributed by atoms with E-state index in [1.807, 2.05) is 17.5 Å². The van der Waals surface area contributed by atoms with Crippen molar-refractivity contribution in [1.29, 1.82) is 0 Å². The molecule has 1 aliphatic heterocycles. The molecule has 0 spiro atoms. The topological polar surface area (TPSA) is 101 Å². The molecule has 0 saturated carbocycles. The summed E-state index contributed by atoms with van der Waals surface area (Å²) >= 11 is 4.86. The molecule has 1 unspecified atom stereocenters. The SMILES string of the molecule is O=C(CC1(O)C(=O)N(Cc2cccs2)c2ccc(Br)cc21)c1ccc([N+](=O)[O-])cc1. The number of rotatable bonds is 6. The number of hydrogen-bond donors (Lipinski definition) is 1. The molecule has 0 fully saturated rings. The molecule has 7 nitrogen and oxygen atoms in total. The van der Waals surface area contributed by atoms with E-state index in [1.54, 1.807) is 18.2 Å². The smallest absolute Gasteiger partial charge is 0.269 e. The van der Waals surface area contributed by atoms with Crippen molar-refractivity contribution in [2.45, 2.75) is 18.6 Å². The Morgan fingerprint density at radius 2 is 1.93 bits per heavy atom. The van der Waals surface area contributed by atoms with Gasteiger partial charge in [0.1, 0.15) is 0 Å². The lowest BCUT2D eigenvalue weighted by molar-refractivity contribution is -0.384. The second-order valence-corrected chi connectivity index (χ2v) is 8.84. The Balaban J connectivity index is 1.67. The van der Waals surface area contributed by atoms with Gasteiger partial charge in [-0.25, -0.2) is 0 Å². The molecule has 1 N–H and O–H groups in total. The highest BCUT2D eigenvalue weighted by atomic mass is 79.9. The molecule has 3 aromatic rings. The van der Waals surface area contributed by atoms with Gasteiger partial charge in [0.05, 0.1) is 23.6 Å². The van der Waals surface area contributed by atoms with Gasteiger partial charge in [-0.2, -0.15) is 0 Å². The van der Waals surface area contributed by atoms with E-state index in [0.717, 1.165) is 4.88 Å². The maximum absolute atomic E-state index is 13.3. The third-order valence-electron chi connectivity index (χ3n) is 5.00. The molecular weight excluding hydrogens is 472 g/mol. The molecule has 1 amide bonds. The summed E-state index contributed by atoms with van der Waals surface area (Å²) in [6.07, 6.45) is -0.464. The highest BCUT2D eigenvalue weighted by Crippen LogP contribution is 2.45. The Kier molecular flexibility index (Phi) is 5.27. The summed E-state index contributed by atoms with van der Waals surface area (Å²) in [6.45, 7) is 0.291. The van der Waals surface area contributed by atoms with E-state index in [4.69, 9.17) is 0 Å². The van der Waals surface area contributed by atoms with Crippen molar-refractivity contribution in [2.24, 2.45) is 0 Å². The van der Waals surface area contributed by atoms with Crippen molar-refractivity contribution in [3.8, 4) is 0 Å². The van der Waals surface area contributed by atoms with Crippen molar-refractivity contribution in [3.63, 3.8) is 0 Å². The first-order chi connectivity index (χ1) is 14.3. The van der Waals surface area contributed by atoms with Crippen molar-refractivity contribution in [3.05, 3.63) is 90.6 Å². The van der Waals surface area contributed by atoms with Crippen LogP contribution in [0.15, 0.2) is 64.5 Å². The molecule has 9 heteroatoms. The van der Waals surface area contributed by atoms with E-state index in [-0.39, 0.29) is 11.3 Å². The van der Waals surface area contributed by atoms with Crippen molar-refractivity contribution in [2.75, 3.05) is 4.90 Å². The minimum Gasteiger partial charge on any atom is -0.375 e. The van der Waals surface area contributed by atoms with Gasteiger partial charge in [0.25, 0.3) is 11.6 Å². The van der Waals surface area contributed by atoms with Crippen molar-refractivity contribution >= 4 is 50.3 Å². The van der Waals surface area contributed by atoms with Crippen LogP contribution < -0.4 is 4.90 Å². The number of nitro benzene ring substituents is 1. The number of aliphatic hydroxyl groups is 1. The Morgan fingerprint density at radius 3 is 2.57 bits per heavy atom. The van der Waals surface area contributed by atoms with Crippen LogP contribution in [0.2, 0.25) is 0 Å². The predicted molar refractivity (Wildman–Crippen MR) is 116 cm³/mol. The zero-order valence-corrected chi connectivity index (χ0v) is 17.9. The Bertz CT molecular complexity index is 1150. The molecular formula is C21H15BrN2O5S. The van der Waals surface area contributed by atoms with Gasteiger partial charge in [-0.3, -0.25) is 19.7 Å². The molecule has 4 rings (SSSR count). The standard InChI is InChI=1S/C21H15BrN2O5S/c22-14-5-8-18-17(10-14)21(27,20(26)23(18)12-16-2-1-9-30-16)11-19(25)13-3-6-15(7-4-13)24(28)29/h1-10,27H,11-12H2. The molecule has 1 aliphatic rings. The third-order valence-corrected chi connectivity index (χ3v) is 6.36. The summed E-state index contributed by atoms with van der Waals surface area (Å²) in [5, 5.41) is 24.1. The summed E-state index contributed by atoms with van der Waals surface area (Å²) in [5.41, 5.74) is -1.06. The van der Waals surface area contributed by atoms with Crippen LogP contribution in [0.3, 0.4) is 0 Å². The minimum atomic E-state index is -2.02. The largest absolute Gasteiger partial charge is 0.375 e. The fourth-order valence-electron chi connectivity index (χ4n) is 3.51. The molecule has 0 bridgehead atoms. The van der Waals surface area contributed by atoms with E-state index in [9.17, 15) is 24.8 Å². The van der Waals surface area contributed by atoms with Gasteiger partial charge in [-0.05, 0) is 41.8 Å². The van der Waals surface area contributed by atoms with Crippen LogP contribution in [0.4, 0.5) is 11.4 Å². The fourth-order valence-corrected chi connectivity index (χ4v) is 4.57. The third kappa shape index (κ3) is 3.55. The van der Waals surface area contributed by atoms with Crippen LogP contribution in [-0.4, -0.2) is 21.7 Å². The average molecular weight is 487 g/mol. The summed E-state index contributed by atoms with van der Waals surface area (Å²) in [7, 11) is 0. The first kappa shape index (κ1) is 20.4. The molecule has 0 saturated heterocycles. The number of Topliss-reactive ketones (excluding diaryl/α,β-unsaturated/α-hetero) is 1. The van der Waals surface area contributed by atoms with Crippen molar-refractivity contribution < 1.29 is 19.6 Å². The number of fused-ring (bicyclic) bond motifs is 1. The van der Waals surface area contributed by atoms with E-state index in [1.165, 1.54) is 40.5 Å². The number of amides is 1. The van der Waals surface area contributed by atoms with Crippen LogP contribution in [-0.2, 0) is 16.9 Å². The zero-order chi connectivity index (χ0) is 21.5. The lowest BCUT2D eigenvalue weighted by atomic mass is 9.88. The summed E-state index contributed by atoms with van der Waals surface area (Å²) in [6, 6.07) is 14.0. The fraction of sp³-hybridized carbons (Fsp3) is 0.143. The van der Waals surface area contributed by atoms with Gasteiger partial charge < -0.3 is 10.0 Å². The van der Waals surface area contributed by atoms with Gasteiger partial charge in [-0.1, -0.05) is 22.0 Å². The lowest BCUT2D eigenvalue weighted by Crippen LogP contribution is -2.41. The quantitative estimate of drug-likeness (QED) is 0.315. The van der Waals surface area contributed by atoms with Gasteiger partial charge in [-0.15, -0.1) is 11.3 Å². The molecule has 2 aromatic carbocycles. The monoisotopic (exact) mass is 486 g/mol. The second kappa shape index (κ2) is 7.75. The molecule has 152 valence electrons. The number of anilines is 1. The Morgan fingerprint density at radius 1 is 1.20 bits per heavy atom. The van der Waals surface area contributed by atoms with Gasteiger partial charge in [0, 0.05) is 32.6 Å². The number of thiophene rings is 1. The van der Waals surface area contributed by atoms with Crippen LogP contribution in [0.1, 0.15) is 27.2 Å². The van der Waals surface area contributed by atoms with Crippen LogP contribution in [0, 0.1) is 10.1 Å². The van der Waals surface area contributed by atoms with E-state index in [2.05, 4.69) is 15.9 Å². The van der Waals surface area contributed by atoms with E-state index >= 15 is 0 Å². The highest BCUT2D eigenvalue weighted by Gasteiger charge is 2.51. The van der Waals surface area contributed by atoms with Gasteiger partial charge in [0.15, 0.2) is 11.4 Å². The normalized spacial score (nSPS) is 17.8. The average Bonchev–Trinajstić information content (AvgIpc) is 3.30. The number of halogens is 1. The summed E-state index contributed by atoms with van der Waals surface area (Å²) < 4.78 is 0.674. The molecule has 1 aromatic heterocycles. The number of nitro groups is 1. The number of carbonyl (C=O) groups is 2. The number of carbonyl (C=O) groups excluding carboxylic acids is 2. The number of ketones is 1. The lowest BCUT2D eigenvalue weighted by Gasteiger charge is -2.22. The molecule has 0 radical (unpaired) electrons. The number of non-ortho nitro benzene ring substituents is 1. The molecule has 30 heavy (non-hydrogen) atoms. The van der Waals surface area contributed by atoms with Crippen LogP contribution in [0.25, 0.3) is 0 Å². The first-order valence-electron chi connectivity index (χ1n) is 8.94. The second-order valence-electron chi connectivity index (χ2n) is 6.90. The summed E-state index contributed by atoms with van der Waals surface area (Å²) in [4.78, 5) is 38.8. The summed E-state index contributed by atoms with van der Waals surface area (Å²) in [5.74, 6) is -1.05. The van der Waals surface area contributed by atoms with E-state index in [0.29, 0.717) is 22.3 Å². The molecule has 2 heterocycles. The zero-order valence-electron chi connectivity index (χ0n) is 15.4. The van der Waals surface area contributed by atoms with Gasteiger partial charge >= 0.3 is 0 Å². The number of hydrogen-bond acceptors (Lipinski definition) is 6. The minimum absolute atomic E-state index is 0.140. The Hall–Kier alpha value is -2.88. The molecule has 1 atom stereocenters. The maximum atomic E-state index is 13.3. The number of benzene rings is 2. The maximum Gasteiger partial charge on any atom is 0.269 e. The van der Waals surface area contributed by atoms with Crippen molar-refractivity contribution in [1.82, 2.24) is 0 Å².